The van der Waals surface area contributed by atoms with E-state index < -0.39 is 0 Å². The van der Waals surface area contributed by atoms with E-state index in [-0.39, 0.29) is 5.92 Å². The fraction of sp³-hybridized carbons (Fsp3) is 0.909. The Morgan fingerprint density at radius 2 is 1.86 bits per heavy atom. The van der Waals surface area contributed by atoms with Crippen LogP contribution < -0.4 is 10.6 Å². The minimum absolute atomic E-state index is 0.282. The van der Waals surface area contributed by atoms with Crippen molar-refractivity contribution in [2.75, 3.05) is 39.8 Å². The Hall–Kier alpha value is -1.30. The summed E-state index contributed by atoms with van der Waals surface area (Å²) in [5.74, 6) is 2.53. The quantitative estimate of drug-likeness (QED) is 0.494. The molecule has 0 radical (unpaired) electrons. The maximum absolute atomic E-state index is 12.8. The Labute approximate surface area is 170 Å². The smallest absolute Gasteiger partial charge is 0.225 e. The van der Waals surface area contributed by atoms with Crippen LogP contribution in [0.15, 0.2) is 4.99 Å². The molecule has 1 amide bonds. The Balaban J connectivity index is 1.17. The van der Waals surface area contributed by atoms with Crippen molar-refractivity contribution in [1.29, 1.82) is 0 Å². The average molecular weight is 390 g/mol. The molecule has 0 aromatic carbocycles. The number of hydrogen-bond acceptors (Lipinski definition) is 3. The van der Waals surface area contributed by atoms with E-state index in [0.717, 1.165) is 63.4 Å². The van der Waals surface area contributed by atoms with Gasteiger partial charge in [-0.3, -0.25) is 14.7 Å². The summed E-state index contributed by atoms with van der Waals surface area (Å²) < 4.78 is 0. The zero-order valence-corrected chi connectivity index (χ0v) is 17.7. The molecule has 6 nitrogen and oxygen atoms in total. The number of amides is 1. The standard InChI is InChI=1S/C22H39N5O/c1-23-22(24-12-14-26(20-9-10-20)15-17-7-8-17)25-19-11-13-27(16-19)21(28)18-5-3-2-4-6-18/h17-20H,2-16H2,1H3,(H2,23,24,25). The van der Waals surface area contributed by atoms with Gasteiger partial charge in [-0.15, -0.1) is 0 Å². The van der Waals surface area contributed by atoms with Gasteiger partial charge in [0.2, 0.25) is 5.91 Å². The van der Waals surface area contributed by atoms with Gasteiger partial charge in [-0.2, -0.15) is 0 Å². The molecular formula is C22H39N5O. The van der Waals surface area contributed by atoms with E-state index in [1.54, 1.807) is 0 Å². The highest BCUT2D eigenvalue weighted by Crippen LogP contribution is 2.34. The van der Waals surface area contributed by atoms with Gasteiger partial charge < -0.3 is 15.5 Å². The molecule has 3 saturated carbocycles. The number of aliphatic imine (C=N–C) groups is 1. The summed E-state index contributed by atoms with van der Waals surface area (Å²) in [6, 6.07) is 1.16. The highest BCUT2D eigenvalue weighted by atomic mass is 16.2. The van der Waals surface area contributed by atoms with Crippen LogP contribution in [0.4, 0.5) is 0 Å². The molecule has 0 aromatic heterocycles. The fourth-order valence-corrected chi connectivity index (χ4v) is 4.89. The van der Waals surface area contributed by atoms with Crippen LogP contribution in [0.2, 0.25) is 0 Å². The first-order valence-electron chi connectivity index (χ1n) is 11.7. The molecule has 4 fully saturated rings. The number of nitrogens with zero attached hydrogens (tertiary/aromatic N) is 3. The molecule has 0 spiro atoms. The lowest BCUT2D eigenvalue weighted by Gasteiger charge is -2.26. The summed E-state index contributed by atoms with van der Waals surface area (Å²) in [5.41, 5.74) is 0. The topological polar surface area (TPSA) is 60.0 Å². The van der Waals surface area contributed by atoms with E-state index in [0.29, 0.717) is 11.9 Å². The zero-order valence-electron chi connectivity index (χ0n) is 17.7. The predicted molar refractivity (Wildman–Crippen MR) is 113 cm³/mol. The Bertz CT molecular complexity index is 551. The molecule has 4 rings (SSSR count). The molecule has 158 valence electrons. The van der Waals surface area contributed by atoms with Crippen molar-refractivity contribution in [3.8, 4) is 0 Å². The first-order chi connectivity index (χ1) is 13.7. The third-order valence-electron chi connectivity index (χ3n) is 6.96. The second kappa shape index (κ2) is 9.47. The molecule has 0 aromatic rings. The Morgan fingerprint density at radius 1 is 1.07 bits per heavy atom. The number of hydrogen-bond donors (Lipinski definition) is 2. The maximum atomic E-state index is 12.8. The van der Waals surface area contributed by atoms with Crippen LogP contribution in [0.5, 0.6) is 0 Å². The van der Waals surface area contributed by atoms with Crippen molar-refractivity contribution in [3.05, 3.63) is 0 Å². The molecule has 3 aliphatic carbocycles. The van der Waals surface area contributed by atoms with Crippen molar-refractivity contribution >= 4 is 11.9 Å². The molecule has 1 atom stereocenters. The number of rotatable bonds is 8. The van der Waals surface area contributed by atoms with Crippen LogP contribution >= 0.6 is 0 Å². The Kier molecular flexibility index (Phi) is 6.76. The minimum Gasteiger partial charge on any atom is -0.355 e. The number of carbonyl (C=O) groups excluding carboxylic acids is 1. The molecule has 6 heteroatoms. The van der Waals surface area contributed by atoms with Crippen LogP contribution in [0.3, 0.4) is 0 Å². The molecule has 1 aliphatic heterocycles. The molecular weight excluding hydrogens is 350 g/mol. The van der Waals surface area contributed by atoms with Crippen molar-refractivity contribution in [2.45, 2.75) is 76.3 Å². The molecule has 0 bridgehead atoms. The van der Waals surface area contributed by atoms with Gasteiger partial charge in [0.1, 0.15) is 0 Å². The zero-order chi connectivity index (χ0) is 19.3. The number of likely N-dealkylation sites (tertiary alicyclic amines) is 1. The van der Waals surface area contributed by atoms with Gasteiger partial charge in [0.15, 0.2) is 5.96 Å². The highest BCUT2D eigenvalue weighted by molar-refractivity contribution is 5.81. The minimum atomic E-state index is 0.282. The van der Waals surface area contributed by atoms with E-state index in [1.165, 1.54) is 51.5 Å². The van der Waals surface area contributed by atoms with Crippen LogP contribution in [-0.2, 0) is 4.79 Å². The van der Waals surface area contributed by atoms with Crippen LogP contribution in [0.25, 0.3) is 0 Å². The lowest BCUT2D eigenvalue weighted by molar-refractivity contribution is -0.135. The lowest BCUT2D eigenvalue weighted by Crippen LogP contribution is -2.47. The SMILES string of the molecule is CN=C(NCCN(CC1CC1)C1CC1)NC1CCN(C(=O)C2CCCCC2)C1. The molecule has 4 aliphatic rings. The van der Waals surface area contributed by atoms with Gasteiger partial charge in [-0.1, -0.05) is 19.3 Å². The van der Waals surface area contributed by atoms with Gasteiger partial charge in [-0.25, -0.2) is 0 Å². The lowest BCUT2D eigenvalue weighted by atomic mass is 9.88. The monoisotopic (exact) mass is 389 g/mol. The summed E-state index contributed by atoms with van der Waals surface area (Å²) in [6.07, 6.45) is 12.6. The third kappa shape index (κ3) is 5.62. The Morgan fingerprint density at radius 3 is 2.54 bits per heavy atom. The van der Waals surface area contributed by atoms with E-state index in [9.17, 15) is 4.79 Å². The third-order valence-corrected chi connectivity index (χ3v) is 6.96. The summed E-state index contributed by atoms with van der Waals surface area (Å²) in [5, 5.41) is 7.06. The molecule has 1 unspecified atom stereocenters. The molecule has 28 heavy (non-hydrogen) atoms. The first-order valence-corrected chi connectivity index (χ1v) is 11.7. The van der Waals surface area contributed by atoms with E-state index in [2.05, 4.69) is 25.4 Å². The second-order valence-corrected chi connectivity index (χ2v) is 9.42. The number of carbonyl (C=O) groups is 1. The first kappa shape index (κ1) is 20.0. The summed E-state index contributed by atoms with van der Waals surface area (Å²) in [4.78, 5) is 21.9. The predicted octanol–water partition coefficient (Wildman–Crippen LogP) is 2.21. The highest BCUT2D eigenvalue weighted by Gasteiger charge is 2.34. The van der Waals surface area contributed by atoms with Gasteiger partial charge in [-0.05, 0) is 50.9 Å². The normalized spacial score (nSPS) is 26.7. The van der Waals surface area contributed by atoms with E-state index in [1.807, 2.05) is 7.05 Å². The van der Waals surface area contributed by atoms with Crippen molar-refractivity contribution in [2.24, 2.45) is 16.8 Å². The number of nitrogens with one attached hydrogen (secondary N) is 2. The number of guanidine groups is 1. The van der Waals surface area contributed by atoms with E-state index >= 15 is 0 Å². The van der Waals surface area contributed by atoms with Gasteiger partial charge in [0.05, 0.1) is 0 Å². The van der Waals surface area contributed by atoms with Crippen molar-refractivity contribution in [1.82, 2.24) is 20.4 Å². The molecule has 1 heterocycles. The molecule has 1 saturated heterocycles. The van der Waals surface area contributed by atoms with Crippen molar-refractivity contribution < 1.29 is 4.79 Å². The maximum Gasteiger partial charge on any atom is 0.225 e. The second-order valence-electron chi connectivity index (χ2n) is 9.42. The summed E-state index contributed by atoms with van der Waals surface area (Å²) in [7, 11) is 1.85. The van der Waals surface area contributed by atoms with E-state index in [4.69, 9.17) is 0 Å². The van der Waals surface area contributed by atoms with Gasteiger partial charge in [0.25, 0.3) is 0 Å². The molecule has 2 N–H and O–H groups in total. The summed E-state index contributed by atoms with van der Waals surface area (Å²) in [6.45, 7) is 5.06. The fourth-order valence-electron chi connectivity index (χ4n) is 4.89. The van der Waals surface area contributed by atoms with Crippen LogP contribution in [0.1, 0.15) is 64.2 Å². The largest absolute Gasteiger partial charge is 0.355 e. The van der Waals surface area contributed by atoms with Crippen LogP contribution in [0, 0.1) is 11.8 Å². The van der Waals surface area contributed by atoms with Crippen LogP contribution in [-0.4, -0.2) is 73.5 Å². The van der Waals surface area contributed by atoms with Crippen molar-refractivity contribution in [3.63, 3.8) is 0 Å². The van der Waals surface area contributed by atoms with Gasteiger partial charge >= 0.3 is 0 Å². The summed E-state index contributed by atoms with van der Waals surface area (Å²) >= 11 is 0. The average Bonchev–Trinajstić information content (AvgIpc) is 3.65. The van der Waals surface area contributed by atoms with Gasteiger partial charge in [0, 0.05) is 57.8 Å².